The van der Waals surface area contributed by atoms with E-state index >= 15 is 0 Å². The lowest BCUT2D eigenvalue weighted by Gasteiger charge is -2.18. The van der Waals surface area contributed by atoms with E-state index in [2.05, 4.69) is 25.0 Å². The smallest absolute Gasteiger partial charge is 0.263 e. The third kappa shape index (κ3) is 4.34. The molecule has 0 aliphatic heterocycles. The first-order valence-electron chi connectivity index (χ1n) is 9.15. The second kappa shape index (κ2) is 8.25. The average Bonchev–Trinajstić information content (AvgIpc) is 2.74. The summed E-state index contributed by atoms with van der Waals surface area (Å²) >= 11 is 5.96. The Labute approximate surface area is 179 Å². The van der Waals surface area contributed by atoms with E-state index in [-0.39, 0.29) is 16.8 Å². The minimum Gasteiger partial charge on any atom is -0.359 e. The van der Waals surface area contributed by atoms with E-state index in [0.29, 0.717) is 21.9 Å². The number of aromatic nitrogens is 3. The second-order valence-corrected chi connectivity index (χ2v) is 8.71. The van der Waals surface area contributed by atoms with Crippen molar-refractivity contribution in [1.82, 2.24) is 15.0 Å². The molecule has 4 aromatic rings. The number of anilines is 2. The zero-order chi connectivity index (χ0) is 21.1. The van der Waals surface area contributed by atoms with E-state index in [1.165, 1.54) is 12.1 Å². The van der Waals surface area contributed by atoms with Gasteiger partial charge in [-0.1, -0.05) is 35.9 Å². The van der Waals surface area contributed by atoms with Crippen LogP contribution in [0.1, 0.15) is 18.7 Å². The maximum absolute atomic E-state index is 12.9. The van der Waals surface area contributed by atoms with Crippen LogP contribution in [0.25, 0.3) is 11.0 Å². The van der Waals surface area contributed by atoms with Crippen molar-refractivity contribution in [1.29, 1.82) is 0 Å². The summed E-state index contributed by atoms with van der Waals surface area (Å²) < 4.78 is 28.4. The lowest BCUT2D eigenvalue weighted by atomic mass is 10.2. The summed E-state index contributed by atoms with van der Waals surface area (Å²) in [6.07, 6.45) is 1.70. The number of pyridine rings is 1. The van der Waals surface area contributed by atoms with E-state index in [4.69, 9.17) is 11.6 Å². The van der Waals surface area contributed by atoms with Crippen LogP contribution in [0.5, 0.6) is 0 Å². The molecule has 0 aliphatic rings. The highest BCUT2D eigenvalue weighted by Crippen LogP contribution is 2.27. The third-order valence-corrected chi connectivity index (χ3v) is 5.96. The van der Waals surface area contributed by atoms with Gasteiger partial charge in [0, 0.05) is 11.2 Å². The Morgan fingerprint density at radius 1 is 0.900 bits per heavy atom. The maximum Gasteiger partial charge on any atom is 0.263 e. The molecular weight excluding hydrogens is 422 g/mol. The van der Waals surface area contributed by atoms with Crippen LogP contribution in [0.4, 0.5) is 11.6 Å². The molecule has 2 heterocycles. The molecule has 0 saturated carbocycles. The van der Waals surface area contributed by atoms with E-state index in [9.17, 15) is 8.42 Å². The van der Waals surface area contributed by atoms with Crippen LogP contribution < -0.4 is 10.0 Å². The van der Waals surface area contributed by atoms with Gasteiger partial charge < -0.3 is 5.32 Å². The average molecular weight is 440 g/mol. The van der Waals surface area contributed by atoms with Crippen molar-refractivity contribution >= 4 is 44.3 Å². The van der Waals surface area contributed by atoms with Gasteiger partial charge in [0.25, 0.3) is 10.0 Å². The van der Waals surface area contributed by atoms with Gasteiger partial charge >= 0.3 is 0 Å². The van der Waals surface area contributed by atoms with Gasteiger partial charge in [-0.05, 0) is 49.4 Å². The number of hydrogen-bond donors (Lipinski definition) is 2. The van der Waals surface area contributed by atoms with E-state index < -0.39 is 10.0 Å². The Hall–Kier alpha value is -3.23. The highest BCUT2D eigenvalue weighted by molar-refractivity contribution is 7.92. The van der Waals surface area contributed by atoms with Crippen LogP contribution in [0, 0.1) is 0 Å². The first kappa shape index (κ1) is 20.1. The van der Waals surface area contributed by atoms with Crippen LogP contribution in [0.15, 0.2) is 77.8 Å². The largest absolute Gasteiger partial charge is 0.359 e. The minimum atomic E-state index is -3.92. The molecule has 7 nitrogen and oxygen atoms in total. The lowest BCUT2D eigenvalue weighted by Crippen LogP contribution is -2.18. The molecule has 30 heavy (non-hydrogen) atoms. The van der Waals surface area contributed by atoms with Gasteiger partial charge in [-0.15, -0.1) is 0 Å². The molecule has 2 N–H and O–H groups in total. The van der Waals surface area contributed by atoms with Crippen LogP contribution in [-0.2, 0) is 10.0 Å². The Morgan fingerprint density at radius 3 is 2.27 bits per heavy atom. The van der Waals surface area contributed by atoms with E-state index in [0.717, 1.165) is 5.69 Å². The van der Waals surface area contributed by atoms with Gasteiger partial charge in [-0.25, -0.2) is 18.4 Å². The number of para-hydroxylation sites is 2. The predicted molar refractivity (Wildman–Crippen MR) is 118 cm³/mol. The van der Waals surface area contributed by atoms with Crippen molar-refractivity contribution < 1.29 is 8.42 Å². The quantitative estimate of drug-likeness (QED) is 0.453. The van der Waals surface area contributed by atoms with E-state index in [1.54, 1.807) is 24.4 Å². The van der Waals surface area contributed by atoms with Crippen LogP contribution in [0.3, 0.4) is 0 Å². The van der Waals surface area contributed by atoms with Gasteiger partial charge in [0.15, 0.2) is 11.6 Å². The van der Waals surface area contributed by atoms with Crippen molar-refractivity contribution in [3.63, 3.8) is 0 Å². The number of nitrogens with one attached hydrogen (secondary N) is 2. The minimum absolute atomic E-state index is 0.0358. The van der Waals surface area contributed by atoms with Crippen LogP contribution in [-0.4, -0.2) is 23.4 Å². The van der Waals surface area contributed by atoms with Crippen LogP contribution >= 0.6 is 11.6 Å². The zero-order valence-electron chi connectivity index (χ0n) is 15.9. The molecule has 9 heteroatoms. The number of benzene rings is 2. The third-order valence-electron chi connectivity index (χ3n) is 4.39. The zero-order valence-corrected chi connectivity index (χ0v) is 17.5. The van der Waals surface area contributed by atoms with Gasteiger partial charge in [-0.3, -0.25) is 9.71 Å². The lowest BCUT2D eigenvalue weighted by molar-refractivity contribution is 0.601. The number of rotatable bonds is 6. The summed E-state index contributed by atoms with van der Waals surface area (Å²) in [5.74, 6) is 0.397. The second-order valence-electron chi connectivity index (χ2n) is 6.59. The Bertz CT molecular complexity index is 1300. The summed E-state index contributed by atoms with van der Waals surface area (Å²) in [6, 6.07) is 18.6. The number of nitrogens with zero attached hydrogens (tertiary/aromatic N) is 3. The fourth-order valence-electron chi connectivity index (χ4n) is 2.90. The summed E-state index contributed by atoms with van der Waals surface area (Å²) in [5, 5.41) is 3.54. The Balaban J connectivity index is 1.75. The first-order chi connectivity index (χ1) is 14.4. The number of sulfonamides is 1. The fraction of sp³-hybridized carbons (Fsp3) is 0.0952. The summed E-state index contributed by atoms with van der Waals surface area (Å²) in [6.45, 7) is 1.91. The van der Waals surface area contributed by atoms with Crippen molar-refractivity contribution in [2.45, 2.75) is 17.9 Å². The number of halogens is 1. The maximum atomic E-state index is 12.9. The molecule has 0 aliphatic carbocycles. The van der Waals surface area contributed by atoms with Gasteiger partial charge in [-0.2, -0.15) is 0 Å². The van der Waals surface area contributed by atoms with Crippen molar-refractivity contribution in [2.75, 3.05) is 10.0 Å². The van der Waals surface area contributed by atoms with Gasteiger partial charge in [0.2, 0.25) is 0 Å². The highest BCUT2D eigenvalue weighted by atomic mass is 35.5. The Kier molecular flexibility index (Phi) is 5.52. The van der Waals surface area contributed by atoms with Crippen LogP contribution in [0.2, 0.25) is 5.02 Å². The monoisotopic (exact) mass is 439 g/mol. The molecule has 0 bridgehead atoms. The normalized spacial score (nSPS) is 12.5. The molecule has 0 unspecified atom stereocenters. The summed E-state index contributed by atoms with van der Waals surface area (Å²) in [4.78, 5) is 13.4. The van der Waals surface area contributed by atoms with E-state index in [1.807, 2.05) is 43.3 Å². The molecule has 0 fully saturated rings. The van der Waals surface area contributed by atoms with Gasteiger partial charge in [0.05, 0.1) is 27.7 Å². The summed E-state index contributed by atoms with van der Waals surface area (Å²) in [7, 11) is -3.92. The van der Waals surface area contributed by atoms with Crippen molar-refractivity contribution in [2.24, 2.45) is 0 Å². The molecule has 0 radical (unpaired) electrons. The Morgan fingerprint density at radius 2 is 1.60 bits per heavy atom. The SMILES string of the molecule is C[C@H](Nc1nc2ccccc2nc1NS(=O)(=O)c1cccc(Cl)c1)c1ccccn1. The highest BCUT2D eigenvalue weighted by Gasteiger charge is 2.20. The predicted octanol–water partition coefficient (Wildman–Crippen LogP) is 4.65. The molecular formula is C21H18ClN5O2S. The van der Waals surface area contributed by atoms with Crippen molar-refractivity contribution in [3.05, 3.63) is 83.6 Å². The molecule has 0 spiro atoms. The van der Waals surface area contributed by atoms with Crippen molar-refractivity contribution in [3.8, 4) is 0 Å². The molecule has 4 rings (SSSR count). The van der Waals surface area contributed by atoms with Gasteiger partial charge in [0.1, 0.15) is 0 Å². The fourth-order valence-corrected chi connectivity index (χ4v) is 4.21. The number of fused-ring (bicyclic) bond motifs is 1. The standard InChI is InChI=1S/C21H18ClN5O2S/c1-14(17-9-4-5-12-23-17)24-20-21(26-19-11-3-2-10-18(19)25-20)27-30(28,29)16-8-6-7-15(22)13-16/h2-14H,1H3,(H,24,25)(H,26,27)/t14-/m0/s1. The molecule has 0 amide bonds. The summed E-state index contributed by atoms with van der Waals surface area (Å²) in [5.41, 5.74) is 1.99. The number of hydrogen-bond acceptors (Lipinski definition) is 6. The molecule has 2 aromatic heterocycles. The molecule has 2 aromatic carbocycles. The first-order valence-corrected chi connectivity index (χ1v) is 11.0. The molecule has 0 saturated heterocycles. The molecule has 152 valence electrons. The topological polar surface area (TPSA) is 96.9 Å². The molecule has 1 atom stereocenters.